The molecule has 0 radical (unpaired) electrons. The number of nitrogens with one attached hydrogen (secondary N) is 1. The number of amides is 1. The molecule has 0 spiro atoms. The molecule has 1 saturated carbocycles. The summed E-state index contributed by atoms with van der Waals surface area (Å²) in [5.74, 6) is -0.365. The second-order valence-electron chi connectivity index (χ2n) is 5.81. The van der Waals surface area contributed by atoms with Crippen molar-refractivity contribution >= 4 is 18.0 Å². The summed E-state index contributed by atoms with van der Waals surface area (Å²) >= 11 is 0. The van der Waals surface area contributed by atoms with Crippen LogP contribution < -0.4 is 14.8 Å². The third-order valence-electron chi connectivity index (χ3n) is 4.05. The van der Waals surface area contributed by atoms with E-state index >= 15 is 0 Å². The largest absolute Gasteiger partial charge is 0.493 e. The Morgan fingerprint density at radius 2 is 2.12 bits per heavy atom. The maximum Gasteiger partial charge on any atom is 0.306 e. The highest BCUT2D eigenvalue weighted by atomic mass is 16.5. The van der Waals surface area contributed by atoms with Gasteiger partial charge in [0, 0.05) is 6.04 Å². The SMILES string of the molecule is C/C=C/c1ccc(OCC(=O)N[C@H]2CC[C@@H](C(=O)O)C2)c(OC)c1. The number of ether oxygens (including phenoxy) is 2. The van der Waals surface area contributed by atoms with Crippen LogP contribution in [0.3, 0.4) is 0 Å². The van der Waals surface area contributed by atoms with Crippen LogP contribution in [0.5, 0.6) is 11.5 Å². The van der Waals surface area contributed by atoms with Crippen molar-refractivity contribution < 1.29 is 24.2 Å². The van der Waals surface area contributed by atoms with Gasteiger partial charge in [0.2, 0.25) is 0 Å². The number of methoxy groups -OCH3 is 1. The van der Waals surface area contributed by atoms with E-state index in [2.05, 4.69) is 5.32 Å². The molecule has 6 heteroatoms. The molecule has 0 saturated heterocycles. The molecular weight excluding hydrogens is 310 g/mol. The van der Waals surface area contributed by atoms with Gasteiger partial charge in [-0.2, -0.15) is 0 Å². The van der Waals surface area contributed by atoms with Gasteiger partial charge in [-0.3, -0.25) is 9.59 Å². The van der Waals surface area contributed by atoms with Crippen molar-refractivity contribution in [3.8, 4) is 11.5 Å². The van der Waals surface area contributed by atoms with E-state index in [9.17, 15) is 9.59 Å². The Kier molecular flexibility index (Phi) is 6.23. The van der Waals surface area contributed by atoms with Crippen LogP contribution >= 0.6 is 0 Å². The first-order valence-electron chi connectivity index (χ1n) is 7.99. The van der Waals surface area contributed by atoms with E-state index in [0.717, 1.165) is 5.56 Å². The van der Waals surface area contributed by atoms with Crippen LogP contribution in [0.4, 0.5) is 0 Å². The summed E-state index contributed by atoms with van der Waals surface area (Å²) in [5, 5.41) is 11.8. The van der Waals surface area contributed by atoms with E-state index in [1.807, 2.05) is 31.2 Å². The average Bonchev–Trinajstić information content (AvgIpc) is 3.02. The average molecular weight is 333 g/mol. The molecule has 0 bridgehead atoms. The van der Waals surface area contributed by atoms with Crippen molar-refractivity contribution in [2.45, 2.75) is 32.2 Å². The van der Waals surface area contributed by atoms with Crippen LogP contribution in [-0.4, -0.2) is 36.7 Å². The Morgan fingerprint density at radius 1 is 1.33 bits per heavy atom. The molecule has 2 rings (SSSR count). The van der Waals surface area contributed by atoms with Crippen molar-refractivity contribution in [1.29, 1.82) is 0 Å². The molecule has 0 aromatic heterocycles. The van der Waals surface area contributed by atoms with E-state index in [1.54, 1.807) is 13.2 Å². The Morgan fingerprint density at radius 3 is 2.75 bits per heavy atom. The Hall–Kier alpha value is -2.50. The molecule has 1 aliphatic rings. The first kappa shape index (κ1) is 17.8. The van der Waals surface area contributed by atoms with Gasteiger partial charge in [-0.15, -0.1) is 0 Å². The zero-order chi connectivity index (χ0) is 17.5. The lowest BCUT2D eigenvalue weighted by Gasteiger charge is -2.14. The highest BCUT2D eigenvalue weighted by molar-refractivity contribution is 5.78. The molecule has 0 aliphatic heterocycles. The van der Waals surface area contributed by atoms with E-state index in [1.165, 1.54) is 0 Å². The first-order chi connectivity index (χ1) is 11.5. The number of hydrogen-bond acceptors (Lipinski definition) is 4. The standard InChI is InChI=1S/C18H23NO5/c1-3-4-12-5-8-15(16(9-12)23-2)24-11-17(20)19-14-7-6-13(10-14)18(21)22/h3-5,8-9,13-14H,6-7,10-11H2,1-2H3,(H,19,20)(H,21,22)/b4-3+/t13-,14+/m1/s1. The summed E-state index contributed by atoms with van der Waals surface area (Å²) in [4.78, 5) is 22.9. The van der Waals surface area contributed by atoms with Crippen LogP contribution in [0, 0.1) is 5.92 Å². The van der Waals surface area contributed by atoms with Gasteiger partial charge < -0.3 is 19.9 Å². The van der Waals surface area contributed by atoms with Gasteiger partial charge in [-0.25, -0.2) is 0 Å². The van der Waals surface area contributed by atoms with Gasteiger partial charge in [0.1, 0.15) is 0 Å². The molecule has 130 valence electrons. The van der Waals surface area contributed by atoms with Gasteiger partial charge in [0.25, 0.3) is 5.91 Å². The highest BCUT2D eigenvalue weighted by Crippen LogP contribution is 2.29. The fourth-order valence-electron chi connectivity index (χ4n) is 2.85. The molecule has 0 unspecified atom stereocenters. The summed E-state index contributed by atoms with van der Waals surface area (Å²) in [6.45, 7) is 1.80. The lowest BCUT2D eigenvalue weighted by atomic mass is 10.1. The predicted molar refractivity (Wildman–Crippen MR) is 90.1 cm³/mol. The second-order valence-corrected chi connectivity index (χ2v) is 5.81. The van der Waals surface area contributed by atoms with Gasteiger partial charge in [-0.1, -0.05) is 18.2 Å². The molecular formula is C18H23NO5. The van der Waals surface area contributed by atoms with Crippen LogP contribution in [-0.2, 0) is 9.59 Å². The summed E-state index contributed by atoms with van der Waals surface area (Å²) in [6, 6.07) is 5.38. The molecule has 6 nitrogen and oxygen atoms in total. The Labute approximate surface area is 141 Å². The van der Waals surface area contributed by atoms with Crippen molar-refractivity contribution in [1.82, 2.24) is 5.32 Å². The number of allylic oxidation sites excluding steroid dienone is 1. The minimum atomic E-state index is -0.797. The lowest BCUT2D eigenvalue weighted by Crippen LogP contribution is -2.36. The summed E-state index contributed by atoms with van der Waals surface area (Å²) in [5.41, 5.74) is 0.983. The van der Waals surface area contributed by atoms with Gasteiger partial charge in [0.15, 0.2) is 18.1 Å². The minimum absolute atomic E-state index is 0.0961. The van der Waals surface area contributed by atoms with E-state index in [4.69, 9.17) is 14.6 Å². The predicted octanol–water partition coefficient (Wildman–Crippen LogP) is 2.48. The molecule has 1 fully saturated rings. The second kappa shape index (κ2) is 8.38. The van der Waals surface area contributed by atoms with Crippen molar-refractivity contribution in [2.24, 2.45) is 5.92 Å². The fraction of sp³-hybridized carbons (Fsp3) is 0.444. The van der Waals surface area contributed by atoms with Crippen LogP contribution in [0.15, 0.2) is 24.3 Å². The summed E-state index contributed by atoms with van der Waals surface area (Å²) < 4.78 is 10.8. The number of aliphatic carboxylic acids is 1. The Bertz CT molecular complexity index is 626. The van der Waals surface area contributed by atoms with Gasteiger partial charge >= 0.3 is 5.97 Å². The topological polar surface area (TPSA) is 84.9 Å². The maximum atomic E-state index is 12.0. The monoisotopic (exact) mass is 333 g/mol. The molecule has 2 N–H and O–H groups in total. The highest BCUT2D eigenvalue weighted by Gasteiger charge is 2.30. The van der Waals surface area contributed by atoms with E-state index in [-0.39, 0.29) is 24.5 Å². The van der Waals surface area contributed by atoms with Crippen LogP contribution in [0.25, 0.3) is 6.08 Å². The molecule has 0 heterocycles. The number of rotatable bonds is 7. The van der Waals surface area contributed by atoms with Crippen molar-refractivity contribution in [3.63, 3.8) is 0 Å². The van der Waals surface area contributed by atoms with Gasteiger partial charge in [-0.05, 0) is 43.9 Å². The summed E-state index contributed by atoms with van der Waals surface area (Å²) in [6.07, 6.45) is 5.63. The third-order valence-corrected chi connectivity index (χ3v) is 4.05. The Balaban J connectivity index is 1.86. The molecule has 24 heavy (non-hydrogen) atoms. The number of carboxylic acids is 1. The van der Waals surface area contributed by atoms with Gasteiger partial charge in [0.05, 0.1) is 13.0 Å². The number of benzene rings is 1. The molecule has 1 aromatic rings. The van der Waals surface area contributed by atoms with Crippen molar-refractivity contribution in [2.75, 3.05) is 13.7 Å². The smallest absolute Gasteiger partial charge is 0.306 e. The van der Waals surface area contributed by atoms with Crippen LogP contribution in [0.1, 0.15) is 31.7 Å². The third kappa shape index (κ3) is 4.75. The number of carbonyl (C=O) groups is 2. The normalized spacial score (nSPS) is 20.1. The first-order valence-corrected chi connectivity index (χ1v) is 7.99. The van der Waals surface area contributed by atoms with Crippen molar-refractivity contribution in [3.05, 3.63) is 29.8 Å². The van der Waals surface area contributed by atoms with Crippen LogP contribution in [0.2, 0.25) is 0 Å². The lowest BCUT2D eigenvalue weighted by molar-refractivity contribution is -0.141. The zero-order valence-corrected chi connectivity index (χ0v) is 14.0. The molecule has 1 aromatic carbocycles. The number of carbonyl (C=O) groups excluding carboxylic acids is 1. The number of hydrogen-bond donors (Lipinski definition) is 2. The molecule has 1 amide bonds. The fourth-order valence-corrected chi connectivity index (χ4v) is 2.85. The van der Waals surface area contributed by atoms with E-state index in [0.29, 0.717) is 30.8 Å². The quantitative estimate of drug-likeness (QED) is 0.801. The minimum Gasteiger partial charge on any atom is -0.493 e. The van der Waals surface area contributed by atoms with E-state index < -0.39 is 5.97 Å². The molecule has 2 atom stereocenters. The maximum absolute atomic E-state index is 12.0. The molecule has 1 aliphatic carbocycles. The summed E-state index contributed by atoms with van der Waals surface area (Å²) in [7, 11) is 1.55. The number of carboxylic acid groups (broad SMARTS) is 1. The zero-order valence-electron chi connectivity index (χ0n) is 14.0.